The van der Waals surface area contributed by atoms with Crippen molar-refractivity contribution in [3.05, 3.63) is 35.6 Å². The maximum absolute atomic E-state index is 13.7. The molecule has 1 atom stereocenters. The topological polar surface area (TPSA) is 38.3 Å². The van der Waals surface area contributed by atoms with Gasteiger partial charge in [0.05, 0.1) is 13.0 Å². The molecule has 18 heavy (non-hydrogen) atoms. The first-order valence-electron chi connectivity index (χ1n) is 6.32. The van der Waals surface area contributed by atoms with Crippen LogP contribution in [0, 0.1) is 5.82 Å². The SMILES string of the molecule is CCCNC(CC(=O)OCC)c1ccccc1F. The van der Waals surface area contributed by atoms with Gasteiger partial charge in [-0.15, -0.1) is 0 Å². The first-order valence-corrected chi connectivity index (χ1v) is 6.32. The Morgan fingerprint density at radius 2 is 2.11 bits per heavy atom. The van der Waals surface area contributed by atoms with Crippen molar-refractivity contribution in [3.63, 3.8) is 0 Å². The maximum Gasteiger partial charge on any atom is 0.307 e. The smallest absolute Gasteiger partial charge is 0.307 e. The third-order valence-electron chi connectivity index (χ3n) is 2.60. The van der Waals surface area contributed by atoms with E-state index >= 15 is 0 Å². The molecule has 1 aromatic carbocycles. The van der Waals surface area contributed by atoms with Crippen LogP contribution in [0.25, 0.3) is 0 Å². The molecule has 0 amide bonds. The molecule has 100 valence electrons. The lowest BCUT2D eigenvalue weighted by molar-refractivity contribution is -0.143. The Balaban J connectivity index is 2.77. The molecule has 0 aliphatic rings. The summed E-state index contributed by atoms with van der Waals surface area (Å²) in [5, 5.41) is 3.18. The molecule has 0 saturated carbocycles. The van der Waals surface area contributed by atoms with Crippen LogP contribution in [-0.4, -0.2) is 19.1 Å². The van der Waals surface area contributed by atoms with Crippen molar-refractivity contribution in [2.24, 2.45) is 0 Å². The fraction of sp³-hybridized carbons (Fsp3) is 0.500. The molecule has 1 N–H and O–H groups in total. The van der Waals surface area contributed by atoms with E-state index < -0.39 is 0 Å². The Kier molecular flexibility index (Phi) is 6.36. The van der Waals surface area contributed by atoms with Crippen molar-refractivity contribution >= 4 is 5.97 Å². The lowest BCUT2D eigenvalue weighted by atomic mass is 10.0. The Morgan fingerprint density at radius 3 is 2.72 bits per heavy atom. The zero-order valence-electron chi connectivity index (χ0n) is 10.9. The van der Waals surface area contributed by atoms with Crippen LogP contribution in [0.5, 0.6) is 0 Å². The second-order valence-corrected chi connectivity index (χ2v) is 4.04. The molecule has 0 saturated heterocycles. The average molecular weight is 253 g/mol. The Hall–Kier alpha value is -1.42. The van der Waals surface area contributed by atoms with E-state index in [9.17, 15) is 9.18 Å². The number of benzene rings is 1. The van der Waals surface area contributed by atoms with Gasteiger partial charge in [-0.05, 0) is 26.0 Å². The highest BCUT2D eigenvalue weighted by Crippen LogP contribution is 2.20. The summed E-state index contributed by atoms with van der Waals surface area (Å²) in [5.41, 5.74) is 0.513. The number of ether oxygens (including phenoxy) is 1. The standard InChI is InChI=1S/C14H20FNO2/c1-3-9-16-13(10-14(17)18-4-2)11-7-5-6-8-12(11)15/h5-8,13,16H,3-4,9-10H2,1-2H3. The van der Waals surface area contributed by atoms with Gasteiger partial charge in [-0.3, -0.25) is 4.79 Å². The third kappa shape index (κ3) is 4.45. The predicted molar refractivity (Wildman–Crippen MR) is 68.7 cm³/mol. The first kappa shape index (κ1) is 14.6. The molecule has 3 nitrogen and oxygen atoms in total. The number of rotatable bonds is 7. The number of hydrogen-bond acceptors (Lipinski definition) is 3. The van der Waals surface area contributed by atoms with Crippen LogP contribution >= 0.6 is 0 Å². The number of carbonyl (C=O) groups excluding carboxylic acids is 1. The van der Waals surface area contributed by atoms with E-state index in [0.717, 1.165) is 13.0 Å². The van der Waals surface area contributed by atoms with Crippen LogP contribution in [0.2, 0.25) is 0 Å². The van der Waals surface area contributed by atoms with E-state index in [0.29, 0.717) is 12.2 Å². The van der Waals surface area contributed by atoms with Crippen LogP contribution in [0.3, 0.4) is 0 Å². The molecule has 0 aliphatic heterocycles. The van der Waals surface area contributed by atoms with Gasteiger partial charge in [0.25, 0.3) is 0 Å². The summed E-state index contributed by atoms with van der Waals surface area (Å²) in [7, 11) is 0. The molecule has 0 aromatic heterocycles. The van der Waals surface area contributed by atoms with Crippen molar-refractivity contribution in [2.75, 3.05) is 13.2 Å². The van der Waals surface area contributed by atoms with Gasteiger partial charge in [-0.25, -0.2) is 4.39 Å². The van der Waals surface area contributed by atoms with E-state index in [2.05, 4.69) is 5.32 Å². The molecule has 0 spiro atoms. The molecule has 1 aromatic rings. The van der Waals surface area contributed by atoms with Gasteiger partial charge >= 0.3 is 5.97 Å². The van der Waals surface area contributed by atoms with Gasteiger partial charge in [0, 0.05) is 11.6 Å². The summed E-state index contributed by atoms with van der Waals surface area (Å²) in [4.78, 5) is 11.5. The minimum atomic E-state index is -0.329. The Morgan fingerprint density at radius 1 is 1.39 bits per heavy atom. The van der Waals surface area contributed by atoms with Crippen molar-refractivity contribution < 1.29 is 13.9 Å². The molecule has 0 aliphatic carbocycles. The van der Waals surface area contributed by atoms with Crippen LogP contribution in [0.4, 0.5) is 4.39 Å². The number of nitrogens with one attached hydrogen (secondary N) is 1. The van der Waals surface area contributed by atoms with Crippen LogP contribution in [0.15, 0.2) is 24.3 Å². The first-order chi connectivity index (χ1) is 8.69. The van der Waals surface area contributed by atoms with Crippen LogP contribution < -0.4 is 5.32 Å². The lowest BCUT2D eigenvalue weighted by Gasteiger charge is -2.18. The Bertz CT molecular complexity index is 382. The number of halogens is 1. The molecule has 0 heterocycles. The second-order valence-electron chi connectivity index (χ2n) is 4.04. The number of hydrogen-bond donors (Lipinski definition) is 1. The highest BCUT2D eigenvalue weighted by Gasteiger charge is 2.18. The summed E-state index contributed by atoms with van der Waals surface area (Å²) in [5.74, 6) is -0.607. The van der Waals surface area contributed by atoms with Crippen molar-refractivity contribution in [2.45, 2.75) is 32.7 Å². The Labute approximate surface area is 107 Å². The minimum Gasteiger partial charge on any atom is -0.466 e. The monoisotopic (exact) mass is 253 g/mol. The highest BCUT2D eigenvalue weighted by molar-refractivity contribution is 5.70. The lowest BCUT2D eigenvalue weighted by Crippen LogP contribution is -2.26. The number of esters is 1. The van der Waals surface area contributed by atoms with Gasteiger partial charge < -0.3 is 10.1 Å². The fourth-order valence-corrected chi connectivity index (χ4v) is 1.75. The molecular weight excluding hydrogens is 233 g/mol. The van der Waals surface area contributed by atoms with Gasteiger partial charge in [-0.1, -0.05) is 25.1 Å². The van der Waals surface area contributed by atoms with E-state index in [1.54, 1.807) is 25.1 Å². The second kappa shape index (κ2) is 7.82. The fourth-order valence-electron chi connectivity index (χ4n) is 1.75. The van der Waals surface area contributed by atoms with Crippen molar-refractivity contribution in [1.82, 2.24) is 5.32 Å². The number of carbonyl (C=O) groups is 1. The molecular formula is C14H20FNO2. The van der Waals surface area contributed by atoms with E-state index in [-0.39, 0.29) is 24.2 Å². The van der Waals surface area contributed by atoms with Crippen LogP contribution in [-0.2, 0) is 9.53 Å². The maximum atomic E-state index is 13.7. The van der Waals surface area contributed by atoms with Crippen LogP contribution in [0.1, 0.15) is 38.3 Å². The van der Waals surface area contributed by atoms with Gasteiger partial charge in [0.2, 0.25) is 0 Å². The summed E-state index contributed by atoms with van der Waals surface area (Å²) >= 11 is 0. The van der Waals surface area contributed by atoms with E-state index in [1.807, 2.05) is 6.92 Å². The minimum absolute atomic E-state index is 0.148. The summed E-state index contributed by atoms with van der Waals surface area (Å²) < 4.78 is 18.6. The molecule has 0 fully saturated rings. The molecule has 4 heteroatoms. The predicted octanol–water partition coefficient (Wildman–Crippen LogP) is 2.82. The molecule has 1 unspecified atom stereocenters. The summed E-state index contributed by atoms with van der Waals surface area (Å²) in [6.45, 7) is 4.86. The van der Waals surface area contributed by atoms with Gasteiger partial charge in [0.15, 0.2) is 0 Å². The zero-order valence-corrected chi connectivity index (χ0v) is 10.9. The molecule has 1 rings (SSSR count). The quantitative estimate of drug-likeness (QED) is 0.759. The molecule has 0 radical (unpaired) electrons. The van der Waals surface area contributed by atoms with E-state index in [1.165, 1.54) is 6.07 Å². The third-order valence-corrected chi connectivity index (χ3v) is 2.60. The van der Waals surface area contributed by atoms with E-state index in [4.69, 9.17) is 4.74 Å². The van der Waals surface area contributed by atoms with Gasteiger partial charge in [0.1, 0.15) is 5.82 Å². The van der Waals surface area contributed by atoms with Crippen molar-refractivity contribution in [1.29, 1.82) is 0 Å². The van der Waals surface area contributed by atoms with Crippen molar-refractivity contribution in [3.8, 4) is 0 Å². The molecule has 0 bridgehead atoms. The largest absolute Gasteiger partial charge is 0.466 e. The average Bonchev–Trinajstić information content (AvgIpc) is 2.35. The zero-order chi connectivity index (χ0) is 13.4. The van der Waals surface area contributed by atoms with Gasteiger partial charge in [-0.2, -0.15) is 0 Å². The summed E-state index contributed by atoms with van der Waals surface area (Å²) in [6.07, 6.45) is 1.07. The summed E-state index contributed by atoms with van der Waals surface area (Å²) in [6, 6.07) is 6.18. The highest BCUT2D eigenvalue weighted by atomic mass is 19.1. The normalized spacial score (nSPS) is 12.2.